The molecule has 1 aliphatic carbocycles. The fourth-order valence-corrected chi connectivity index (χ4v) is 5.40. The maximum atomic E-state index is 13.8. The molecule has 1 heterocycles. The molecule has 2 aliphatic rings. The number of ether oxygens (including phenoxy) is 3. The Hall–Kier alpha value is -4.06. The van der Waals surface area contributed by atoms with Gasteiger partial charge in [0, 0.05) is 47.3 Å². The fourth-order valence-electron chi connectivity index (χ4n) is 5.40. The minimum absolute atomic E-state index is 0.00233. The van der Waals surface area contributed by atoms with Gasteiger partial charge in [0.25, 0.3) is 0 Å². The third-order valence-electron chi connectivity index (χ3n) is 7.15. The van der Waals surface area contributed by atoms with Crippen LogP contribution in [0.4, 0.5) is 5.69 Å². The van der Waals surface area contributed by atoms with Crippen LogP contribution in [0.3, 0.4) is 0 Å². The summed E-state index contributed by atoms with van der Waals surface area (Å²) in [5.41, 5.74) is 4.11. The fraction of sp³-hybridized carbons (Fsp3) is 0.267. The summed E-state index contributed by atoms with van der Waals surface area (Å²) >= 11 is 0. The number of anilines is 1. The zero-order valence-electron chi connectivity index (χ0n) is 20.7. The number of carbonyl (C=O) groups is 2. The number of methoxy groups -OCH3 is 3. The number of amides is 1. The zero-order chi connectivity index (χ0) is 25.2. The van der Waals surface area contributed by atoms with Crippen molar-refractivity contribution in [3.63, 3.8) is 0 Å². The van der Waals surface area contributed by atoms with Crippen LogP contribution in [0.15, 0.2) is 84.1 Å². The molecule has 0 N–H and O–H groups in total. The zero-order valence-corrected chi connectivity index (χ0v) is 20.7. The van der Waals surface area contributed by atoms with Crippen molar-refractivity contribution in [1.29, 1.82) is 0 Å². The molecule has 0 saturated carbocycles. The molecule has 0 radical (unpaired) electrons. The third kappa shape index (κ3) is 4.24. The monoisotopic (exact) mass is 483 g/mol. The Labute approximate surface area is 211 Å². The lowest BCUT2D eigenvalue weighted by atomic mass is 9.72. The number of rotatable bonds is 6. The standard InChI is InChI=1S/C30H29NO5/c1-34-22-11-9-21(10-12-22)31-26-15-20(19-7-5-4-6-8-19)16-27(32)30(26)25(18-29(31)33)24-14-13-23(35-2)17-28(24)36-3/h4-14,17,20,25H,15-16,18H2,1-3H3. The lowest BCUT2D eigenvalue weighted by Crippen LogP contribution is -2.41. The molecule has 2 unspecified atom stereocenters. The molecule has 0 fully saturated rings. The summed E-state index contributed by atoms with van der Waals surface area (Å²) < 4.78 is 16.3. The average Bonchev–Trinajstić information content (AvgIpc) is 2.92. The van der Waals surface area contributed by atoms with E-state index in [1.807, 2.05) is 54.6 Å². The second-order valence-corrected chi connectivity index (χ2v) is 9.09. The first-order chi connectivity index (χ1) is 17.5. The summed E-state index contributed by atoms with van der Waals surface area (Å²) in [4.78, 5) is 29.3. The molecule has 3 aromatic carbocycles. The third-order valence-corrected chi connectivity index (χ3v) is 7.15. The van der Waals surface area contributed by atoms with Gasteiger partial charge in [-0.2, -0.15) is 0 Å². The molecule has 3 aromatic rings. The lowest BCUT2D eigenvalue weighted by molar-refractivity contribution is -0.120. The normalized spacial score (nSPS) is 19.7. The largest absolute Gasteiger partial charge is 0.497 e. The number of carbonyl (C=O) groups excluding carboxylic acids is 2. The maximum absolute atomic E-state index is 13.8. The van der Waals surface area contributed by atoms with E-state index in [0.29, 0.717) is 35.7 Å². The van der Waals surface area contributed by atoms with E-state index in [1.165, 1.54) is 0 Å². The highest BCUT2D eigenvalue weighted by Gasteiger charge is 2.43. The van der Waals surface area contributed by atoms with Gasteiger partial charge in [0.2, 0.25) is 5.91 Å². The molecule has 0 saturated heterocycles. The Morgan fingerprint density at radius 3 is 2.11 bits per heavy atom. The van der Waals surface area contributed by atoms with Crippen molar-refractivity contribution >= 4 is 17.4 Å². The Morgan fingerprint density at radius 1 is 0.750 bits per heavy atom. The van der Waals surface area contributed by atoms with Gasteiger partial charge in [-0.25, -0.2) is 0 Å². The molecule has 6 heteroatoms. The van der Waals surface area contributed by atoms with E-state index in [-0.39, 0.29) is 29.9 Å². The van der Waals surface area contributed by atoms with E-state index < -0.39 is 0 Å². The van der Waals surface area contributed by atoms with Crippen molar-refractivity contribution in [3.8, 4) is 17.2 Å². The predicted molar refractivity (Wildman–Crippen MR) is 138 cm³/mol. The minimum Gasteiger partial charge on any atom is -0.497 e. The quantitative estimate of drug-likeness (QED) is 0.454. The summed E-state index contributed by atoms with van der Waals surface area (Å²) in [6.45, 7) is 0. The first kappa shape index (κ1) is 23.7. The molecule has 1 amide bonds. The smallest absolute Gasteiger partial charge is 0.232 e. The van der Waals surface area contributed by atoms with Gasteiger partial charge in [-0.3, -0.25) is 14.5 Å². The van der Waals surface area contributed by atoms with Crippen LogP contribution in [0.1, 0.15) is 42.2 Å². The van der Waals surface area contributed by atoms with Crippen LogP contribution in [0.2, 0.25) is 0 Å². The minimum atomic E-state index is -0.382. The molecular formula is C30H29NO5. The van der Waals surface area contributed by atoms with E-state index in [9.17, 15) is 9.59 Å². The highest BCUT2D eigenvalue weighted by molar-refractivity contribution is 6.08. The predicted octanol–water partition coefficient (Wildman–Crippen LogP) is 5.63. The van der Waals surface area contributed by atoms with Gasteiger partial charge in [0.1, 0.15) is 17.2 Å². The van der Waals surface area contributed by atoms with Crippen LogP contribution in [-0.2, 0) is 9.59 Å². The van der Waals surface area contributed by atoms with Crippen LogP contribution in [-0.4, -0.2) is 33.0 Å². The van der Waals surface area contributed by atoms with Crippen LogP contribution >= 0.6 is 0 Å². The molecule has 0 aromatic heterocycles. The first-order valence-electron chi connectivity index (χ1n) is 12.0. The second kappa shape index (κ2) is 9.90. The molecule has 36 heavy (non-hydrogen) atoms. The summed E-state index contributed by atoms with van der Waals surface area (Å²) in [5, 5.41) is 0. The van der Waals surface area contributed by atoms with Crippen molar-refractivity contribution in [3.05, 3.63) is 95.2 Å². The van der Waals surface area contributed by atoms with E-state index in [1.54, 1.807) is 32.3 Å². The number of nitrogens with zero attached hydrogens (tertiary/aromatic N) is 1. The molecule has 6 nitrogen and oxygen atoms in total. The van der Waals surface area contributed by atoms with Gasteiger partial charge in [0.15, 0.2) is 5.78 Å². The SMILES string of the molecule is COc1ccc(N2C(=O)CC(c3ccc(OC)cc3OC)C3=C2CC(c2ccccc2)CC3=O)cc1. The Bertz CT molecular complexity index is 1310. The summed E-state index contributed by atoms with van der Waals surface area (Å²) in [6, 6.07) is 23.0. The summed E-state index contributed by atoms with van der Waals surface area (Å²) in [5.74, 6) is 1.61. The molecule has 5 rings (SSSR count). The van der Waals surface area contributed by atoms with E-state index in [4.69, 9.17) is 14.2 Å². The van der Waals surface area contributed by atoms with Crippen LogP contribution in [0.5, 0.6) is 17.2 Å². The number of allylic oxidation sites excluding steroid dienone is 2. The van der Waals surface area contributed by atoms with Crippen LogP contribution in [0, 0.1) is 0 Å². The van der Waals surface area contributed by atoms with Crippen molar-refractivity contribution in [2.75, 3.05) is 26.2 Å². The van der Waals surface area contributed by atoms with Crippen molar-refractivity contribution < 1.29 is 23.8 Å². The lowest BCUT2D eigenvalue weighted by Gasteiger charge is -2.40. The summed E-state index contributed by atoms with van der Waals surface area (Å²) in [6.07, 6.45) is 1.18. The molecule has 184 valence electrons. The number of hydrogen-bond donors (Lipinski definition) is 0. The highest BCUT2D eigenvalue weighted by atomic mass is 16.5. The Kier molecular flexibility index (Phi) is 6.51. The molecule has 2 atom stereocenters. The van der Waals surface area contributed by atoms with Crippen molar-refractivity contribution in [1.82, 2.24) is 0 Å². The molecular weight excluding hydrogens is 454 g/mol. The van der Waals surface area contributed by atoms with E-state index in [2.05, 4.69) is 12.1 Å². The van der Waals surface area contributed by atoms with E-state index >= 15 is 0 Å². The molecule has 1 aliphatic heterocycles. The number of Topliss-reactive ketones (excluding diaryl/α,β-unsaturated/α-hetero) is 1. The van der Waals surface area contributed by atoms with E-state index in [0.717, 1.165) is 22.5 Å². The van der Waals surface area contributed by atoms with Gasteiger partial charge in [-0.05, 0) is 48.2 Å². The molecule has 0 spiro atoms. The Balaban J connectivity index is 1.66. The Morgan fingerprint density at radius 2 is 1.44 bits per heavy atom. The summed E-state index contributed by atoms with van der Waals surface area (Å²) in [7, 11) is 4.80. The van der Waals surface area contributed by atoms with Crippen molar-refractivity contribution in [2.45, 2.75) is 31.1 Å². The average molecular weight is 484 g/mol. The van der Waals surface area contributed by atoms with Gasteiger partial charge < -0.3 is 14.2 Å². The number of ketones is 1. The van der Waals surface area contributed by atoms with Gasteiger partial charge in [-0.15, -0.1) is 0 Å². The van der Waals surface area contributed by atoms with Gasteiger partial charge in [0.05, 0.1) is 21.3 Å². The van der Waals surface area contributed by atoms with Crippen LogP contribution in [0.25, 0.3) is 0 Å². The highest BCUT2D eigenvalue weighted by Crippen LogP contribution is 2.49. The van der Waals surface area contributed by atoms with Crippen LogP contribution < -0.4 is 19.1 Å². The topological polar surface area (TPSA) is 65.1 Å². The number of benzene rings is 3. The maximum Gasteiger partial charge on any atom is 0.232 e. The van der Waals surface area contributed by atoms with Gasteiger partial charge >= 0.3 is 0 Å². The second-order valence-electron chi connectivity index (χ2n) is 9.09. The number of hydrogen-bond acceptors (Lipinski definition) is 5. The first-order valence-corrected chi connectivity index (χ1v) is 12.0. The van der Waals surface area contributed by atoms with Crippen molar-refractivity contribution in [2.24, 2.45) is 0 Å². The molecule has 0 bridgehead atoms. The van der Waals surface area contributed by atoms with Gasteiger partial charge in [-0.1, -0.05) is 36.4 Å².